The van der Waals surface area contributed by atoms with Crippen LogP contribution >= 0.6 is 0 Å². The first-order chi connectivity index (χ1) is 10.1. The molecule has 0 saturated carbocycles. The van der Waals surface area contributed by atoms with Crippen LogP contribution in [-0.2, 0) is 9.59 Å². The average molecular weight is 312 g/mol. The van der Waals surface area contributed by atoms with Gasteiger partial charge in [-0.2, -0.15) is 0 Å². The summed E-state index contributed by atoms with van der Waals surface area (Å²) >= 11 is 0. The smallest absolute Gasteiger partial charge is 0.355 e. The molecule has 22 heavy (non-hydrogen) atoms. The molecule has 1 heterocycles. The first-order valence-electron chi connectivity index (χ1n) is 7.20. The molecule has 1 amide bonds. The Morgan fingerprint density at radius 1 is 1.27 bits per heavy atom. The Hall–Kier alpha value is -2.18. The minimum absolute atomic E-state index is 0.168. The highest BCUT2D eigenvalue weighted by Gasteiger charge is 2.32. The van der Waals surface area contributed by atoms with Gasteiger partial charge in [0.25, 0.3) is 0 Å². The van der Waals surface area contributed by atoms with E-state index in [-0.39, 0.29) is 11.8 Å². The molecule has 0 fully saturated rings. The molecule has 0 aliphatic carbocycles. The normalized spacial score (nSPS) is 14.2. The van der Waals surface area contributed by atoms with Gasteiger partial charge in [-0.1, -0.05) is 41.0 Å². The number of nitrogens with zero attached hydrogens (tertiary/aromatic N) is 1. The van der Waals surface area contributed by atoms with Crippen LogP contribution in [0.5, 0.6) is 11.8 Å². The van der Waals surface area contributed by atoms with Crippen LogP contribution in [0.3, 0.4) is 0 Å². The second-order valence-corrected chi connectivity index (χ2v) is 6.34. The van der Waals surface area contributed by atoms with E-state index >= 15 is 0 Å². The lowest BCUT2D eigenvalue weighted by Gasteiger charge is -2.26. The van der Waals surface area contributed by atoms with Crippen molar-refractivity contribution in [3.63, 3.8) is 0 Å². The fourth-order valence-corrected chi connectivity index (χ4v) is 1.67. The van der Waals surface area contributed by atoms with Gasteiger partial charge in [-0.05, 0) is 5.92 Å². The van der Waals surface area contributed by atoms with Gasteiger partial charge in [-0.3, -0.25) is 4.79 Å². The van der Waals surface area contributed by atoms with Crippen molar-refractivity contribution in [3.05, 3.63) is 12.1 Å². The summed E-state index contributed by atoms with van der Waals surface area (Å²) in [7, 11) is 0. The topological polar surface area (TPSA) is 101 Å². The molecule has 7 nitrogen and oxygen atoms in total. The molecular formula is C15H24N2O5. The fourth-order valence-electron chi connectivity index (χ4n) is 1.67. The SMILES string of the molecule is CC[C@H](C)[C@H](NC(=O)C(C)(C)C)C(=O)On1c(O)ccc1O. The van der Waals surface area contributed by atoms with Crippen molar-refractivity contribution in [1.82, 2.24) is 10.0 Å². The van der Waals surface area contributed by atoms with Crippen LogP contribution in [0.4, 0.5) is 0 Å². The second kappa shape index (κ2) is 6.72. The largest absolute Gasteiger partial charge is 0.492 e. The highest BCUT2D eigenvalue weighted by Crippen LogP contribution is 2.20. The standard InChI is InChI=1S/C15H24N2O5/c1-6-9(2)12(16-14(21)15(3,4)5)13(20)22-17-10(18)7-8-11(17)19/h7-9,12,18-19H,6H2,1-5H3,(H,16,21)/t9-,12-/m0/s1. The number of amides is 1. The van der Waals surface area contributed by atoms with E-state index in [0.29, 0.717) is 11.2 Å². The summed E-state index contributed by atoms with van der Waals surface area (Å²) in [6, 6.07) is 1.50. The molecule has 1 rings (SSSR count). The van der Waals surface area contributed by atoms with Crippen LogP contribution in [0.1, 0.15) is 41.0 Å². The Bertz CT molecular complexity index is 525. The van der Waals surface area contributed by atoms with Gasteiger partial charge in [0.05, 0.1) is 0 Å². The molecule has 0 aliphatic rings. The third kappa shape index (κ3) is 4.16. The maximum atomic E-state index is 12.3. The number of hydrogen-bond donors (Lipinski definition) is 3. The van der Waals surface area contributed by atoms with Crippen LogP contribution < -0.4 is 10.2 Å². The molecule has 1 aromatic heterocycles. The van der Waals surface area contributed by atoms with Gasteiger partial charge in [-0.15, -0.1) is 4.73 Å². The summed E-state index contributed by atoms with van der Waals surface area (Å²) in [6.07, 6.45) is 0.647. The van der Waals surface area contributed by atoms with Gasteiger partial charge >= 0.3 is 5.97 Å². The molecule has 0 aliphatic heterocycles. The number of rotatable bonds is 5. The molecule has 2 atom stereocenters. The summed E-state index contributed by atoms with van der Waals surface area (Å²) < 4.78 is 0.612. The van der Waals surface area contributed by atoms with Crippen molar-refractivity contribution in [3.8, 4) is 11.8 Å². The number of hydrogen-bond acceptors (Lipinski definition) is 5. The molecule has 0 spiro atoms. The quantitative estimate of drug-likeness (QED) is 0.763. The maximum Gasteiger partial charge on any atom is 0.355 e. The lowest BCUT2D eigenvalue weighted by atomic mass is 9.93. The van der Waals surface area contributed by atoms with E-state index in [4.69, 9.17) is 4.84 Å². The van der Waals surface area contributed by atoms with Gasteiger partial charge in [0.1, 0.15) is 6.04 Å². The monoisotopic (exact) mass is 312 g/mol. The van der Waals surface area contributed by atoms with Crippen molar-refractivity contribution in [2.24, 2.45) is 11.3 Å². The molecule has 0 radical (unpaired) electrons. The van der Waals surface area contributed by atoms with Crippen molar-refractivity contribution >= 4 is 11.9 Å². The molecule has 0 saturated heterocycles. The summed E-state index contributed by atoms with van der Waals surface area (Å²) in [4.78, 5) is 29.4. The van der Waals surface area contributed by atoms with Gasteiger partial charge in [-0.25, -0.2) is 4.79 Å². The third-order valence-electron chi connectivity index (χ3n) is 3.41. The van der Waals surface area contributed by atoms with Crippen LogP contribution in [0, 0.1) is 11.3 Å². The third-order valence-corrected chi connectivity index (χ3v) is 3.41. The zero-order valence-corrected chi connectivity index (χ0v) is 13.6. The van der Waals surface area contributed by atoms with E-state index in [1.165, 1.54) is 12.1 Å². The van der Waals surface area contributed by atoms with Crippen LogP contribution in [0.15, 0.2) is 12.1 Å². The van der Waals surface area contributed by atoms with Crippen LogP contribution in [-0.4, -0.2) is 32.9 Å². The van der Waals surface area contributed by atoms with E-state index in [0.717, 1.165) is 0 Å². The molecule has 0 bridgehead atoms. The zero-order valence-electron chi connectivity index (χ0n) is 13.6. The number of aromatic hydroxyl groups is 2. The average Bonchev–Trinajstić information content (AvgIpc) is 2.74. The Balaban J connectivity index is 2.93. The van der Waals surface area contributed by atoms with Crippen molar-refractivity contribution in [2.45, 2.75) is 47.1 Å². The minimum atomic E-state index is -0.877. The van der Waals surface area contributed by atoms with E-state index in [2.05, 4.69) is 5.32 Å². The lowest BCUT2D eigenvalue weighted by molar-refractivity contribution is -0.152. The van der Waals surface area contributed by atoms with Gasteiger partial charge in [0.15, 0.2) is 0 Å². The molecule has 0 unspecified atom stereocenters. The predicted octanol–water partition coefficient (Wildman–Crippen LogP) is 1.43. The number of nitrogens with one attached hydrogen (secondary N) is 1. The van der Waals surface area contributed by atoms with Gasteiger partial charge in [0, 0.05) is 17.5 Å². The molecule has 3 N–H and O–H groups in total. The highest BCUT2D eigenvalue weighted by atomic mass is 16.7. The first-order valence-corrected chi connectivity index (χ1v) is 7.20. The van der Waals surface area contributed by atoms with Crippen molar-refractivity contribution in [2.75, 3.05) is 0 Å². The highest BCUT2D eigenvalue weighted by molar-refractivity contribution is 5.87. The van der Waals surface area contributed by atoms with Crippen LogP contribution in [0.2, 0.25) is 0 Å². The minimum Gasteiger partial charge on any atom is -0.492 e. The summed E-state index contributed by atoms with van der Waals surface area (Å²) in [6.45, 7) is 8.92. The van der Waals surface area contributed by atoms with Crippen molar-refractivity contribution < 1.29 is 24.6 Å². The number of aromatic nitrogens is 1. The maximum absolute atomic E-state index is 12.3. The number of carbonyl (C=O) groups excluding carboxylic acids is 2. The summed E-state index contributed by atoms with van der Waals surface area (Å²) in [5, 5.41) is 21.7. The van der Waals surface area contributed by atoms with E-state index < -0.39 is 29.2 Å². The molecule has 1 aromatic rings. The first kappa shape index (κ1) is 17.9. The second-order valence-electron chi connectivity index (χ2n) is 6.34. The Morgan fingerprint density at radius 3 is 2.18 bits per heavy atom. The zero-order chi connectivity index (χ0) is 17.1. The molecule has 7 heteroatoms. The molecule has 124 valence electrons. The van der Waals surface area contributed by atoms with E-state index in [1.807, 2.05) is 13.8 Å². The Labute approximate surface area is 129 Å². The Kier molecular flexibility index (Phi) is 5.46. The van der Waals surface area contributed by atoms with Crippen molar-refractivity contribution in [1.29, 1.82) is 0 Å². The molecular weight excluding hydrogens is 288 g/mol. The summed E-state index contributed by atoms with van der Waals surface area (Å²) in [5.41, 5.74) is -0.649. The van der Waals surface area contributed by atoms with E-state index in [1.54, 1.807) is 20.8 Å². The lowest BCUT2D eigenvalue weighted by Crippen LogP contribution is -2.51. The molecule has 0 aromatic carbocycles. The van der Waals surface area contributed by atoms with Gasteiger partial charge in [0.2, 0.25) is 17.7 Å². The predicted molar refractivity (Wildman–Crippen MR) is 80.2 cm³/mol. The van der Waals surface area contributed by atoms with Gasteiger partial charge < -0.3 is 20.4 Å². The van der Waals surface area contributed by atoms with Crippen LogP contribution in [0.25, 0.3) is 0 Å². The fraction of sp³-hybridized carbons (Fsp3) is 0.600. The number of carbonyl (C=O) groups is 2. The summed E-state index contributed by atoms with van der Waals surface area (Å²) in [5.74, 6) is -2.02. The van der Waals surface area contributed by atoms with E-state index in [9.17, 15) is 19.8 Å². The Morgan fingerprint density at radius 2 is 1.77 bits per heavy atom.